The number of rotatable bonds is 2. The lowest BCUT2D eigenvalue weighted by molar-refractivity contribution is -0.0166. The first-order valence-corrected chi connectivity index (χ1v) is 10.4. The van der Waals surface area contributed by atoms with Crippen molar-refractivity contribution in [3.05, 3.63) is 85.5 Å². The first-order chi connectivity index (χ1) is 12.7. The van der Waals surface area contributed by atoms with Crippen LogP contribution in [0.25, 0.3) is 0 Å². The maximum Gasteiger partial charge on any atom is 0.222 e. The van der Waals surface area contributed by atoms with E-state index < -0.39 is 0 Å². The summed E-state index contributed by atoms with van der Waals surface area (Å²) in [6.07, 6.45) is 0.648. The molecule has 26 heavy (non-hydrogen) atoms. The molecule has 0 radical (unpaired) electrons. The Morgan fingerprint density at radius 2 is 2.00 bits per heavy atom. The summed E-state index contributed by atoms with van der Waals surface area (Å²) in [5, 5.41) is 9.86. The molecular formula is C20H14BrClN2OS. The van der Waals surface area contributed by atoms with Gasteiger partial charge in [-0.15, -0.1) is 11.3 Å². The number of thiophene rings is 1. The highest BCUT2D eigenvalue weighted by molar-refractivity contribution is 9.10. The van der Waals surface area contributed by atoms with Gasteiger partial charge in [-0.25, -0.2) is 5.01 Å². The molecule has 3 aromatic rings. The normalized spacial score (nSPS) is 21.0. The van der Waals surface area contributed by atoms with Crippen molar-refractivity contribution in [3.63, 3.8) is 0 Å². The molecule has 5 rings (SSSR count). The minimum Gasteiger partial charge on any atom is -0.464 e. The summed E-state index contributed by atoms with van der Waals surface area (Å²) in [5.41, 5.74) is 3.33. The van der Waals surface area contributed by atoms with Gasteiger partial charge in [-0.1, -0.05) is 45.7 Å². The number of benzene rings is 2. The van der Waals surface area contributed by atoms with Crippen molar-refractivity contribution in [2.75, 3.05) is 0 Å². The van der Waals surface area contributed by atoms with Crippen LogP contribution < -0.4 is 4.74 Å². The van der Waals surface area contributed by atoms with Gasteiger partial charge in [0.25, 0.3) is 0 Å². The van der Waals surface area contributed by atoms with Gasteiger partial charge >= 0.3 is 0 Å². The topological polar surface area (TPSA) is 24.8 Å². The second-order valence-electron chi connectivity index (χ2n) is 6.32. The van der Waals surface area contributed by atoms with Crippen LogP contribution in [0, 0.1) is 0 Å². The molecule has 2 aliphatic heterocycles. The fourth-order valence-corrected chi connectivity index (χ4v) is 4.74. The second kappa shape index (κ2) is 6.41. The Morgan fingerprint density at radius 1 is 1.15 bits per heavy atom. The lowest BCUT2D eigenvalue weighted by Crippen LogP contribution is -2.33. The smallest absolute Gasteiger partial charge is 0.222 e. The van der Waals surface area contributed by atoms with E-state index >= 15 is 0 Å². The van der Waals surface area contributed by atoms with Crippen LogP contribution in [0.3, 0.4) is 0 Å². The minimum atomic E-state index is -0.196. The fraction of sp³-hybridized carbons (Fsp3) is 0.150. The lowest BCUT2D eigenvalue weighted by atomic mass is 9.96. The molecule has 0 unspecified atom stereocenters. The van der Waals surface area contributed by atoms with E-state index in [0.717, 1.165) is 37.8 Å². The molecular weight excluding hydrogens is 432 g/mol. The van der Waals surface area contributed by atoms with Crippen molar-refractivity contribution < 1.29 is 4.74 Å². The van der Waals surface area contributed by atoms with Crippen LogP contribution in [0.5, 0.6) is 5.75 Å². The summed E-state index contributed by atoms with van der Waals surface area (Å²) in [7, 11) is 0. The largest absolute Gasteiger partial charge is 0.464 e. The number of hydrogen-bond donors (Lipinski definition) is 0. The molecule has 1 aromatic heterocycles. The van der Waals surface area contributed by atoms with Crippen molar-refractivity contribution in [2.45, 2.75) is 18.7 Å². The van der Waals surface area contributed by atoms with Crippen LogP contribution in [-0.2, 0) is 0 Å². The average molecular weight is 446 g/mol. The third-order valence-corrected chi connectivity index (χ3v) is 6.36. The number of fused-ring (bicyclic) bond motifs is 3. The van der Waals surface area contributed by atoms with Crippen LogP contribution in [0.2, 0.25) is 5.02 Å². The molecule has 0 amide bonds. The van der Waals surface area contributed by atoms with E-state index in [1.54, 1.807) is 11.3 Å². The molecule has 2 aliphatic rings. The predicted molar refractivity (Wildman–Crippen MR) is 109 cm³/mol. The van der Waals surface area contributed by atoms with Crippen LogP contribution in [0.1, 0.15) is 34.7 Å². The van der Waals surface area contributed by atoms with E-state index in [1.807, 2.05) is 36.4 Å². The zero-order valence-corrected chi connectivity index (χ0v) is 16.8. The summed E-state index contributed by atoms with van der Waals surface area (Å²) in [5.74, 6) is 0.931. The maximum atomic E-state index is 6.34. The Kier molecular flexibility index (Phi) is 4.03. The highest BCUT2D eigenvalue weighted by Crippen LogP contribution is 2.48. The van der Waals surface area contributed by atoms with Crippen LogP contribution in [0.15, 0.2) is 69.6 Å². The van der Waals surface area contributed by atoms with Gasteiger partial charge in [-0.2, -0.15) is 5.10 Å². The molecule has 0 aliphatic carbocycles. The number of hydrazone groups is 1. The van der Waals surface area contributed by atoms with Gasteiger partial charge in [0.1, 0.15) is 5.75 Å². The first-order valence-electron chi connectivity index (χ1n) is 8.30. The van der Waals surface area contributed by atoms with E-state index in [0.29, 0.717) is 0 Å². The Morgan fingerprint density at radius 3 is 2.77 bits per heavy atom. The van der Waals surface area contributed by atoms with Gasteiger partial charge in [0, 0.05) is 21.5 Å². The van der Waals surface area contributed by atoms with E-state index in [-0.39, 0.29) is 12.3 Å². The Bertz CT molecular complexity index is 988. The fourth-order valence-electron chi connectivity index (χ4n) is 3.49. The molecule has 6 heteroatoms. The zero-order chi connectivity index (χ0) is 17.7. The lowest BCUT2D eigenvalue weighted by Gasteiger charge is -2.37. The van der Waals surface area contributed by atoms with Gasteiger partial charge in [0.2, 0.25) is 6.23 Å². The Balaban J connectivity index is 1.60. The molecule has 2 aromatic carbocycles. The molecule has 3 heterocycles. The molecule has 0 bridgehead atoms. The van der Waals surface area contributed by atoms with E-state index in [1.165, 1.54) is 5.56 Å². The maximum absolute atomic E-state index is 6.34. The van der Waals surface area contributed by atoms with Crippen molar-refractivity contribution in [1.82, 2.24) is 5.01 Å². The summed E-state index contributed by atoms with van der Waals surface area (Å²) in [6, 6.07) is 18.4. The van der Waals surface area contributed by atoms with Gasteiger partial charge in [-0.3, -0.25) is 0 Å². The first kappa shape index (κ1) is 16.4. The molecule has 0 saturated carbocycles. The quantitative estimate of drug-likeness (QED) is 0.455. The number of hydrogen-bond acceptors (Lipinski definition) is 4. The number of nitrogens with zero attached hydrogens (tertiary/aromatic N) is 2. The molecule has 0 N–H and O–H groups in total. The number of ether oxygens (including phenoxy) is 1. The number of halogens is 2. The molecule has 0 saturated heterocycles. The minimum absolute atomic E-state index is 0.161. The van der Waals surface area contributed by atoms with E-state index in [4.69, 9.17) is 21.4 Å². The predicted octanol–water partition coefficient (Wildman–Crippen LogP) is 6.41. The zero-order valence-electron chi connectivity index (χ0n) is 13.6. The summed E-state index contributed by atoms with van der Waals surface area (Å²) >= 11 is 11.3. The standard InChI is InChI=1S/C20H14BrClN2OS/c21-13-5-8-18-15(10-13)17-11-16(12-3-6-14(22)7-4-12)23-24(17)20(25-18)19-2-1-9-26-19/h1-10,17,20H,11H2/t17-,20-/m1/s1. The van der Waals surface area contributed by atoms with Gasteiger partial charge < -0.3 is 4.74 Å². The molecule has 2 atom stereocenters. The van der Waals surface area contributed by atoms with E-state index in [2.05, 4.69) is 44.5 Å². The summed E-state index contributed by atoms with van der Waals surface area (Å²) < 4.78 is 7.39. The van der Waals surface area contributed by atoms with Gasteiger partial charge in [0.15, 0.2) is 0 Å². The highest BCUT2D eigenvalue weighted by atomic mass is 79.9. The third-order valence-electron chi connectivity index (χ3n) is 4.72. The van der Waals surface area contributed by atoms with Crippen molar-refractivity contribution >= 4 is 44.6 Å². The van der Waals surface area contributed by atoms with Crippen LogP contribution in [0.4, 0.5) is 0 Å². The van der Waals surface area contributed by atoms with Gasteiger partial charge in [0.05, 0.1) is 16.6 Å². The summed E-state index contributed by atoms with van der Waals surface area (Å²) in [6.45, 7) is 0. The van der Waals surface area contributed by atoms with Crippen LogP contribution >= 0.6 is 38.9 Å². The summed E-state index contributed by atoms with van der Waals surface area (Å²) in [4.78, 5) is 1.16. The SMILES string of the molecule is Clc1ccc(C2=NN3[C@H](C2)c2cc(Br)ccc2O[C@@H]3c2cccs2)cc1. The van der Waals surface area contributed by atoms with Crippen molar-refractivity contribution in [1.29, 1.82) is 0 Å². The molecule has 0 fully saturated rings. The van der Waals surface area contributed by atoms with Crippen molar-refractivity contribution in [3.8, 4) is 5.75 Å². The van der Waals surface area contributed by atoms with Crippen molar-refractivity contribution in [2.24, 2.45) is 5.10 Å². The molecule has 130 valence electrons. The Hall–Kier alpha value is -1.82. The van der Waals surface area contributed by atoms with E-state index in [9.17, 15) is 0 Å². The van der Waals surface area contributed by atoms with Gasteiger partial charge in [-0.05, 0) is 47.3 Å². The molecule has 0 spiro atoms. The monoisotopic (exact) mass is 444 g/mol. The average Bonchev–Trinajstić information content (AvgIpc) is 3.32. The van der Waals surface area contributed by atoms with Crippen LogP contribution in [-0.4, -0.2) is 10.7 Å². The Labute approximate surface area is 169 Å². The second-order valence-corrected chi connectivity index (χ2v) is 8.65. The molecule has 3 nitrogen and oxygen atoms in total. The third kappa shape index (κ3) is 2.75. The highest BCUT2D eigenvalue weighted by Gasteiger charge is 2.41.